The van der Waals surface area contributed by atoms with Crippen molar-refractivity contribution in [3.8, 4) is 0 Å². The fourth-order valence-electron chi connectivity index (χ4n) is 10.8. The van der Waals surface area contributed by atoms with Crippen LogP contribution in [0.15, 0.2) is 30.3 Å². The summed E-state index contributed by atoms with van der Waals surface area (Å²) in [6.07, 6.45) is 8.52. The lowest BCUT2D eigenvalue weighted by Gasteiger charge is -2.62. The molecule has 5 rings (SSSR count). The summed E-state index contributed by atoms with van der Waals surface area (Å²) in [5, 5.41) is 17.7. The van der Waals surface area contributed by atoms with Crippen molar-refractivity contribution in [1.82, 2.24) is 10.6 Å². The highest BCUT2D eigenvalue weighted by molar-refractivity contribution is 5.83. The number of carbonyl (C=O) groups excluding carboxylic acids is 4. The molecule has 4 saturated carbocycles. The largest absolute Gasteiger partial charge is 0.469 e. The Balaban J connectivity index is 1.13. The Hall–Kier alpha value is -3.14. The molecule has 1 aromatic carbocycles. The smallest absolute Gasteiger partial charge is 0.408 e. The van der Waals surface area contributed by atoms with Crippen LogP contribution in [-0.4, -0.2) is 61.5 Å². The molecule has 0 radical (unpaired) electrons. The predicted molar refractivity (Wildman–Crippen MR) is 184 cm³/mol. The summed E-state index contributed by atoms with van der Waals surface area (Å²) in [6.45, 7) is 7.10. The Morgan fingerprint density at radius 1 is 0.918 bits per heavy atom. The molecule has 2 amide bonds. The molecule has 1 aromatic rings. The third kappa shape index (κ3) is 7.94. The molecule has 4 aliphatic carbocycles. The van der Waals surface area contributed by atoms with Gasteiger partial charge in [0, 0.05) is 18.9 Å². The van der Waals surface area contributed by atoms with Crippen LogP contribution in [0.2, 0.25) is 0 Å². The first-order valence-corrected chi connectivity index (χ1v) is 18.5. The average molecular weight is 683 g/mol. The van der Waals surface area contributed by atoms with E-state index in [1.54, 1.807) is 0 Å². The maximum absolute atomic E-state index is 13.1. The molecule has 3 N–H and O–H groups in total. The number of nitrogens with one attached hydrogen (secondary N) is 2. The molecule has 0 saturated heterocycles. The van der Waals surface area contributed by atoms with Crippen LogP contribution in [0.5, 0.6) is 0 Å². The number of alkyl carbamates (subject to hydrolysis) is 1. The van der Waals surface area contributed by atoms with E-state index in [0.717, 1.165) is 63.4 Å². The van der Waals surface area contributed by atoms with Gasteiger partial charge < -0.3 is 30.0 Å². The molecule has 49 heavy (non-hydrogen) atoms. The van der Waals surface area contributed by atoms with Gasteiger partial charge in [-0.25, -0.2) is 9.59 Å². The van der Waals surface area contributed by atoms with Crippen LogP contribution in [0, 0.1) is 46.3 Å². The molecule has 4 fully saturated rings. The second-order valence-corrected chi connectivity index (χ2v) is 15.9. The van der Waals surface area contributed by atoms with Gasteiger partial charge >= 0.3 is 18.0 Å². The first kappa shape index (κ1) is 37.1. The van der Waals surface area contributed by atoms with Gasteiger partial charge in [-0.15, -0.1) is 0 Å². The molecule has 272 valence electrons. The van der Waals surface area contributed by atoms with Gasteiger partial charge in [0.2, 0.25) is 5.91 Å². The lowest BCUT2D eigenvalue weighted by atomic mass is 9.43. The van der Waals surface area contributed by atoms with Crippen molar-refractivity contribution in [3.63, 3.8) is 0 Å². The molecule has 4 aliphatic rings. The number of benzene rings is 1. The Bertz CT molecular complexity index is 1320. The monoisotopic (exact) mass is 682 g/mol. The maximum atomic E-state index is 13.1. The number of hydrogen-bond donors (Lipinski definition) is 3. The zero-order chi connectivity index (χ0) is 35.3. The molecule has 0 aromatic heterocycles. The number of fused-ring (bicyclic) bond motifs is 5. The Kier molecular flexibility index (Phi) is 12.0. The van der Waals surface area contributed by atoms with Gasteiger partial charge in [-0.2, -0.15) is 0 Å². The molecule has 4 unspecified atom stereocenters. The second kappa shape index (κ2) is 15.8. The lowest BCUT2D eigenvalue weighted by molar-refractivity contribution is -0.170. The Labute approximate surface area is 291 Å². The number of ether oxygens (including phenoxy) is 3. The molecule has 10 heteroatoms. The van der Waals surface area contributed by atoms with E-state index >= 15 is 0 Å². The number of esters is 2. The van der Waals surface area contributed by atoms with Crippen LogP contribution in [0.25, 0.3) is 0 Å². The third-order valence-corrected chi connectivity index (χ3v) is 13.6. The van der Waals surface area contributed by atoms with Gasteiger partial charge in [0.1, 0.15) is 12.6 Å². The zero-order valence-corrected chi connectivity index (χ0v) is 30.1. The Morgan fingerprint density at radius 2 is 1.67 bits per heavy atom. The summed E-state index contributed by atoms with van der Waals surface area (Å²) in [7, 11) is 2.70. The molecule has 0 aliphatic heterocycles. The van der Waals surface area contributed by atoms with E-state index in [-0.39, 0.29) is 54.3 Å². The van der Waals surface area contributed by atoms with Crippen molar-refractivity contribution in [2.75, 3.05) is 14.2 Å². The van der Waals surface area contributed by atoms with E-state index < -0.39 is 18.1 Å². The van der Waals surface area contributed by atoms with E-state index in [1.165, 1.54) is 14.2 Å². The van der Waals surface area contributed by atoms with Gasteiger partial charge in [0.25, 0.3) is 0 Å². The van der Waals surface area contributed by atoms with Crippen molar-refractivity contribution < 1.29 is 38.5 Å². The number of hydrogen-bond acceptors (Lipinski definition) is 8. The first-order valence-electron chi connectivity index (χ1n) is 18.5. The van der Waals surface area contributed by atoms with E-state index in [4.69, 9.17) is 14.2 Å². The number of methoxy groups -OCH3 is 2. The van der Waals surface area contributed by atoms with Crippen molar-refractivity contribution in [3.05, 3.63) is 35.9 Å². The SMILES string of the molecule is COC(=O)CCC(C)[C@H]1CCC2C3CC[C@@H]4C[C@@H](NC(=O)CC[C@H](NC(=O)OCc5ccccc5)C(=O)OC)CC[C@]4(C)C3C[C@H](O)[C@@]21C. The fourth-order valence-corrected chi connectivity index (χ4v) is 10.8. The number of carbonyl (C=O) groups is 4. The second-order valence-electron chi connectivity index (χ2n) is 15.9. The van der Waals surface area contributed by atoms with E-state index in [0.29, 0.717) is 41.9 Å². The first-order chi connectivity index (χ1) is 23.4. The molecule has 0 heterocycles. The highest BCUT2D eigenvalue weighted by Crippen LogP contribution is 2.68. The Morgan fingerprint density at radius 3 is 2.39 bits per heavy atom. The van der Waals surface area contributed by atoms with Gasteiger partial charge in [-0.3, -0.25) is 9.59 Å². The van der Waals surface area contributed by atoms with E-state index in [9.17, 15) is 24.3 Å². The van der Waals surface area contributed by atoms with Crippen molar-refractivity contribution in [1.29, 1.82) is 0 Å². The van der Waals surface area contributed by atoms with Crippen LogP contribution in [0.1, 0.15) is 103 Å². The van der Waals surface area contributed by atoms with Gasteiger partial charge in [0.15, 0.2) is 0 Å². The molecule has 11 atom stereocenters. The molecular formula is C39H58N2O8. The lowest BCUT2D eigenvalue weighted by Crippen LogP contribution is -2.59. The topological polar surface area (TPSA) is 140 Å². The van der Waals surface area contributed by atoms with Gasteiger partial charge in [-0.1, -0.05) is 51.1 Å². The number of amides is 2. The predicted octanol–water partition coefficient (Wildman–Crippen LogP) is 5.94. The summed E-state index contributed by atoms with van der Waals surface area (Å²) in [4.78, 5) is 49.8. The third-order valence-electron chi connectivity index (χ3n) is 13.6. The summed E-state index contributed by atoms with van der Waals surface area (Å²) < 4.78 is 15.0. The standard InChI is InChI=1S/C39H58N2O8/c1-24(11-18-35(44)47-4)29-14-15-30-28-13-12-26-21-27(19-20-38(26,2)31(28)22-33(42)39(29,30)3)40-34(43)17-16-32(36(45)48-5)41-37(46)49-23-25-9-7-6-8-10-25/h6-10,24,26-33,42H,11-23H2,1-5H3,(H,40,43)(H,41,46)/t24?,26-,27+,28?,29-,30?,31?,32+,33+,38+,39-/m1/s1. The number of aliphatic hydroxyl groups excluding tert-OH is 1. The van der Waals surface area contributed by atoms with Crippen molar-refractivity contribution >= 4 is 23.9 Å². The maximum Gasteiger partial charge on any atom is 0.408 e. The minimum absolute atomic E-state index is 0.0628. The summed E-state index contributed by atoms with van der Waals surface area (Å²) in [6, 6.07) is 8.33. The van der Waals surface area contributed by atoms with Crippen LogP contribution in [0.3, 0.4) is 0 Å². The molecule has 0 spiro atoms. The van der Waals surface area contributed by atoms with Crippen LogP contribution in [-0.2, 0) is 35.2 Å². The highest BCUT2D eigenvalue weighted by atomic mass is 16.6. The zero-order valence-electron chi connectivity index (χ0n) is 30.1. The van der Waals surface area contributed by atoms with Gasteiger partial charge in [-0.05, 0) is 116 Å². The molecular weight excluding hydrogens is 624 g/mol. The van der Waals surface area contributed by atoms with Crippen LogP contribution < -0.4 is 10.6 Å². The normalized spacial score (nSPS) is 34.6. The minimum atomic E-state index is -0.988. The summed E-state index contributed by atoms with van der Waals surface area (Å²) >= 11 is 0. The van der Waals surface area contributed by atoms with Crippen LogP contribution in [0.4, 0.5) is 4.79 Å². The summed E-state index contributed by atoms with van der Waals surface area (Å²) in [5.41, 5.74) is 0.828. The minimum Gasteiger partial charge on any atom is -0.469 e. The van der Waals surface area contributed by atoms with Crippen LogP contribution >= 0.6 is 0 Å². The fraction of sp³-hybridized carbons (Fsp3) is 0.744. The number of rotatable bonds is 12. The molecule has 0 bridgehead atoms. The van der Waals surface area contributed by atoms with E-state index in [2.05, 4.69) is 31.4 Å². The van der Waals surface area contributed by atoms with Crippen molar-refractivity contribution in [2.45, 2.75) is 123 Å². The van der Waals surface area contributed by atoms with E-state index in [1.807, 2.05) is 30.3 Å². The summed E-state index contributed by atoms with van der Waals surface area (Å²) in [5.74, 6) is 1.88. The number of aliphatic hydroxyl groups is 1. The van der Waals surface area contributed by atoms with Gasteiger partial charge in [0.05, 0.1) is 20.3 Å². The molecule has 10 nitrogen and oxygen atoms in total. The average Bonchev–Trinajstić information content (AvgIpc) is 3.47. The van der Waals surface area contributed by atoms with Crippen molar-refractivity contribution in [2.24, 2.45) is 46.3 Å². The highest BCUT2D eigenvalue weighted by Gasteiger charge is 2.63. The quantitative estimate of drug-likeness (QED) is 0.182.